The zero-order valence-corrected chi connectivity index (χ0v) is 15.6. The highest BCUT2D eigenvalue weighted by molar-refractivity contribution is 5.51. The van der Waals surface area contributed by atoms with E-state index in [4.69, 9.17) is 15.6 Å². The van der Waals surface area contributed by atoms with Crippen molar-refractivity contribution in [3.8, 4) is 5.75 Å². The maximum atomic E-state index is 10.6. The SMILES string of the molecule is COc1c(C(C)(C)C)cc(C(O)C(N)CCO)cc1C(C)(C)C. The van der Waals surface area contributed by atoms with E-state index in [0.717, 1.165) is 22.4 Å². The average Bonchev–Trinajstić information content (AvgIpc) is 2.43. The lowest BCUT2D eigenvalue weighted by Crippen LogP contribution is -2.30. The molecule has 0 aliphatic heterocycles. The Labute approximate surface area is 140 Å². The van der Waals surface area contributed by atoms with E-state index in [1.807, 2.05) is 12.1 Å². The lowest BCUT2D eigenvalue weighted by molar-refractivity contribution is 0.128. The highest BCUT2D eigenvalue weighted by Crippen LogP contribution is 2.41. The molecule has 0 spiro atoms. The van der Waals surface area contributed by atoms with Crippen molar-refractivity contribution in [1.29, 1.82) is 0 Å². The summed E-state index contributed by atoms with van der Waals surface area (Å²) in [5.41, 5.74) is 8.65. The number of ether oxygens (including phenoxy) is 1. The fraction of sp³-hybridized carbons (Fsp3) is 0.684. The zero-order valence-electron chi connectivity index (χ0n) is 15.6. The first kappa shape index (κ1) is 19.9. The van der Waals surface area contributed by atoms with Gasteiger partial charge in [-0.2, -0.15) is 0 Å². The molecule has 132 valence electrons. The minimum absolute atomic E-state index is 0.0351. The summed E-state index contributed by atoms with van der Waals surface area (Å²) in [6.45, 7) is 12.7. The van der Waals surface area contributed by atoms with Crippen molar-refractivity contribution in [3.05, 3.63) is 28.8 Å². The number of rotatable bonds is 5. The molecule has 0 aliphatic rings. The van der Waals surface area contributed by atoms with Gasteiger partial charge in [-0.15, -0.1) is 0 Å². The van der Waals surface area contributed by atoms with Gasteiger partial charge in [0.05, 0.1) is 13.2 Å². The van der Waals surface area contributed by atoms with E-state index in [1.54, 1.807) is 7.11 Å². The molecule has 1 aromatic rings. The van der Waals surface area contributed by atoms with Crippen molar-refractivity contribution in [2.75, 3.05) is 13.7 Å². The third-order valence-electron chi connectivity index (χ3n) is 4.14. The van der Waals surface area contributed by atoms with Gasteiger partial charge in [0.1, 0.15) is 5.75 Å². The minimum atomic E-state index is -0.810. The molecule has 0 aliphatic carbocycles. The fourth-order valence-corrected chi connectivity index (χ4v) is 2.71. The van der Waals surface area contributed by atoms with Crippen molar-refractivity contribution in [2.45, 2.75) is 70.9 Å². The fourth-order valence-electron chi connectivity index (χ4n) is 2.71. The van der Waals surface area contributed by atoms with Gasteiger partial charge in [-0.05, 0) is 34.9 Å². The van der Waals surface area contributed by atoms with Crippen molar-refractivity contribution >= 4 is 0 Å². The van der Waals surface area contributed by atoms with E-state index < -0.39 is 12.1 Å². The normalized spacial score (nSPS) is 15.4. The summed E-state index contributed by atoms with van der Waals surface area (Å²) in [5.74, 6) is 0.872. The van der Waals surface area contributed by atoms with Gasteiger partial charge < -0.3 is 20.7 Å². The lowest BCUT2D eigenvalue weighted by atomic mass is 9.77. The van der Waals surface area contributed by atoms with E-state index in [-0.39, 0.29) is 17.4 Å². The molecular formula is C19H33NO3. The van der Waals surface area contributed by atoms with Crippen LogP contribution in [0.25, 0.3) is 0 Å². The molecule has 0 heterocycles. The van der Waals surface area contributed by atoms with Crippen LogP contribution in [0.15, 0.2) is 12.1 Å². The van der Waals surface area contributed by atoms with Gasteiger partial charge >= 0.3 is 0 Å². The highest BCUT2D eigenvalue weighted by Gasteiger charge is 2.29. The Morgan fingerprint density at radius 3 is 1.78 bits per heavy atom. The minimum Gasteiger partial charge on any atom is -0.496 e. The first-order valence-electron chi connectivity index (χ1n) is 8.21. The van der Waals surface area contributed by atoms with E-state index in [9.17, 15) is 5.11 Å². The number of benzene rings is 1. The number of aliphatic hydroxyl groups excluding tert-OH is 2. The van der Waals surface area contributed by atoms with Crippen LogP contribution in [-0.4, -0.2) is 30.0 Å². The molecule has 0 saturated carbocycles. The van der Waals surface area contributed by atoms with Crippen LogP contribution in [0.1, 0.15) is 70.8 Å². The van der Waals surface area contributed by atoms with Crippen molar-refractivity contribution in [1.82, 2.24) is 0 Å². The largest absolute Gasteiger partial charge is 0.496 e. The van der Waals surface area contributed by atoms with Crippen LogP contribution in [0.5, 0.6) is 5.75 Å². The summed E-state index contributed by atoms with van der Waals surface area (Å²) < 4.78 is 5.72. The molecule has 2 atom stereocenters. The van der Waals surface area contributed by atoms with Gasteiger partial charge in [0.2, 0.25) is 0 Å². The molecule has 2 unspecified atom stereocenters. The molecule has 0 bridgehead atoms. The van der Waals surface area contributed by atoms with E-state index in [0.29, 0.717) is 6.42 Å². The summed E-state index contributed by atoms with van der Waals surface area (Å²) in [6, 6.07) is 3.47. The van der Waals surface area contributed by atoms with Crippen LogP contribution >= 0.6 is 0 Å². The standard InChI is InChI=1S/C19H33NO3/c1-18(2,3)13-10-12(16(22)15(20)8-9-21)11-14(17(13)23-7)19(4,5)6/h10-11,15-16,21-22H,8-9,20H2,1-7H3. The lowest BCUT2D eigenvalue weighted by Gasteiger charge is -2.31. The summed E-state index contributed by atoms with van der Waals surface area (Å²) in [7, 11) is 1.69. The van der Waals surface area contributed by atoms with Gasteiger partial charge in [-0.1, -0.05) is 41.5 Å². The van der Waals surface area contributed by atoms with Crippen molar-refractivity contribution in [3.63, 3.8) is 0 Å². The van der Waals surface area contributed by atoms with Gasteiger partial charge in [0.25, 0.3) is 0 Å². The third-order valence-corrected chi connectivity index (χ3v) is 4.14. The van der Waals surface area contributed by atoms with Crippen LogP contribution in [0.3, 0.4) is 0 Å². The first-order valence-corrected chi connectivity index (χ1v) is 8.21. The van der Waals surface area contributed by atoms with Gasteiger partial charge in [0.15, 0.2) is 0 Å². The molecule has 1 aromatic carbocycles. The molecule has 4 nitrogen and oxygen atoms in total. The summed E-state index contributed by atoms with van der Waals surface area (Å²) >= 11 is 0. The Hall–Kier alpha value is -1.10. The van der Waals surface area contributed by atoms with Crippen LogP contribution in [0.2, 0.25) is 0 Å². The van der Waals surface area contributed by atoms with E-state index >= 15 is 0 Å². The van der Waals surface area contributed by atoms with E-state index in [2.05, 4.69) is 41.5 Å². The summed E-state index contributed by atoms with van der Waals surface area (Å²) in [4.78, 5) is 0. The smallest absolute Gasteiger partial charge is 0.126 e. The van der Waals surface area contributed by atoms with Gasteiger partial charge in [0, 0.05) is 23.8 Å². The first-order chi connectivity index (χ1) is 10.4. The van der Waals surface area contributed by atoms with Crippen LogP contribution in [0.4, 0.5) is 0 Å². The zero-order chi connectivity index (χ0) is 18.0. The van der Waals surface area contributed by atoms with Gasteiger partial charge in [-0.3, -0.25) is 0 Å². The second kappa shape index (κ2) is 7.20. The second-order valence-corrected chi connectivity index (χ2v) is 8.27. The maximum absolute atomic E-state index is 10.6. The molecule has 1 rings (SSSR count). The second-order valence-electron chi connectivity index (χ2n) is 8.27. The summed E-state index contributed by atoms with van der Waals surface area (Å²) in [5, 5.41) is 19.7. The molecule has 0 saturated heterocycles. The number of aliphatic hydroxyl groups is 2. The third kappa shape index (κ3) is 4.69. The number of nitrogens with two attached hydrogens (primary N) is 1. The summed E-state index contributed by atoms with van der Waals surface area (Å²) in [6.07, 6.45) is -0.446. The maximum Gasteiger partial charge on any atom is 0.126 e. The number of hydrogen-bond donors (Lipinski definition) is 3. The Balaban J connectivity index is 3.56. The molecule has 0 fully saturated rings. The number of hydrogen-bond acceptors (Lipinski definition) is 4. The Kier molecular flexibility index (Phi) is 6.25. The molecule has 0 radical (unpaired) electrons. The topological polar surface area (TPSA) is 75.7 Å². The predicted octanol–water partition coefficient (Wildman–Crippen LogP) is 3.03. The van der Waals surface area contributed by atoms with E-state index in [1.165, 1.54) is 0 Å². The molecule has 0 aromatic heterocycles. The van der Waals surface area contributed by atoms with Gasteiger partial charge in [-0.25, -0.2) is 0 Å². The quantitative estimate of drug-likeness (QED) is 0.778. The van der Waals surface area contributed by atoms with Crippen molar-refractivity contribution < 1.29 is 14.9 Å². The Bertz CT molecular complexity index is 491. The monoisotopic (exact) mass is 323 g/mol. The van der Waals surface area contributed by atoms with Crippen LogP contribution < -0.4 is 10.5 Å². The highest BCUT2D eigenvalue weighted by atomic mass is 16.5. The average molecular weight is 323 g/mol. The Morgan fingerprint density at radius 1 is 1.04 bits per heavy atom. The Morgan fingerprint density at radius 2 is 1.48 bits per heavy atom. The van der Waals surface area contributed by atoms with Crippen LogP contribution in [0, 0.1) is 0 Å². The van der Waals surface area contributed by atoms with Crippen molar-refractivity contribution in [2.24, 2.45) is 5.73 Å². The van der Waals surface area contributed by atoms with Crippen LogP contribution in [-0.2, 0) is 10.8 Å². The molecule has 4 heteroatoms. The molecule has 23 heavy (non-hydrogen) atoms. The molecule has 4 N–H and O–H groups in total. The number of methoxy groups -OCH3 is 1. The predicted molar refractivity (Wildman–Crippen MR) is 95.0 cm³/mol. The molecule has 0 amide bonds. The molecular weight excluding hydrogens is 290 g/mol.